The van der Waals surface area contributed by atoms with E-state index in [0.717, 1.165) is 43.5 Å². The van der Waals surface area contributed by atoms with Crippen LogP contribution in [0.2, 0.25) is 5.02 Å². The summed E-state index contributed by atoms with van der Waals surface area (Å²) >= 11 is 6.21. The Kier molecular flexibility index (Phi) is 13.1. The van der Waals surface area contributed by atoms with Gasteiger partial charge in [0.25, 0.3) is 0 Å². The molecule has 2 N–H and O–H groups in total. The third kappa shape index (κ3) is 9.96. The standard InChI is InChI=1S/C20H34ClN5.HI/c1-3-22-20(24-12-10-18-8-4-5-9-19(18)21)23-11-6-7-13-26-16-14-25(2)15-17-26;/h4-5,8-9H,3,6-7,10-17H2,1-2H3,(H2,22,23,24);1H. The number of unbranched alkanes of at least 4 members (excludes halogenated alkanes) is 1. The first kappa shape index (κ1) is 24.5. The van der Waals surface area contributed by atoms with Crippen LogP contribution in [0.25, 0.3) is 0 Å². The maximum absolute atomic E-state index is 6.21. The van der Waals surface area contributed by atoms with Crippen molar-refractivity contribution in [3.05, 3.63) is 34.9 Å². The largest absolute Gasteiger partial charge is 0.357 e. The molecular weight excluding hydrogens is 473 g/mol. The molecule has 1 fully saturated rings. The Morgan fingerprint density at radius 3 is 2.56 bits per heavy atom. The van der Waals surface area contributed by atoms with E-state index in [1.54, 1.807) is 0 Å². The van der Waals surface area contributed by atoms with Crippen molar-refractivity contribution < 1.29 is 0 Å². The van der Waals surface area contributed by atoms with Gasteiger partial charge in [0.15, 0.2) is 5.96 Å². The Bertz CT molecular complexity index is 547. The predicted molar refractivity (Wildman–Crippen MR) is 128 cm³/mol. The van der Waals surface area contributed by atoms with Gasteiger partial charge in [-0.3, -0.25) is 4.99 Å². The van der Waals surface area contributed by atoms with Gasteiger partial charge in [-0.2, -0.15) is 0 Å². The maximum atomic E-state index is 6.21. The van der Waals surface area contributed by atoms with Crippen molar-refractivity contribution >= 4 is 41.5 Å². The fraction of sp³-hybridized carbons (Fsp3) is 0.650. The van der Waals surface area contributed by atoms with Gasteiger partial charge in [-0.15, -0.1) is 24.0 Å². The van der Waals surface area contributed by atoms with Crippen molar-refractivity contribution in [3.8, 4) is 0 Å². The van der Waals surface area contributed by atoms with E-state index in [9.17, 15) is 0 Å². The van der Waals surface area contributed by atoms with Gasteiger partial charge in [-0.05, 0) is 51.4 Å². The zero-order valence-corrected chi connectivity index (χ0v) is 19.8. The molecule has 0 atom stereocenters. The maximum Gasteiger partial charge on any atom is 0.191 e. The van der Waals surface area contributed by atoms with E-state index in [0.29, 0.717) is 0 Å². The SMILES string of the molecule is CCNC(=NCCCCN1CCN(C)CC1)NCCc1ccccc1Cl.I. The molecule has 7 heteroatoms. The summed E-state index contributed by atoms with van der Waals surface area (Å²) in [6.45, 7) is 10.7. The topological polar surface area (TPSA) is 42.9 Å². The summed E-state index contributed by atoms with van der Waals surface area (Å²) in [5.74, 6) is 0.902. The molecule has 1 saturated heterocycles. The van der Waals surface area contributed by atoms with Crippen molar-refractivity contribution in [2.75, 3.05) is 59.4 Å². The Morgan fingerprint density at radius 1 is 1.11 bits per heavy atom. The molecule has 27 heavy (non-hydrogen) atoms. The molecule has 1 aliphatic heterocycles. The van der Waals surface area contributed by atoms with Crippen LogP contribution in [0.15, 0.2) is 29.3 Å². The lowest BCUT2D eigenvalue weighted by atomic mass is 10.1. The molecule has 154 valence electrons. The number of nitrogens with one attached hydrogen (secondary N) is 2. The normalized spacial score (nSPS) is 16.0. The first-order valence-corrected chi connectivity index (χ1v) is 10.2. The summed E-state index contributed by atoms with van der Waals surface area (Å²) in [5, 5.41) is 7.56. The van der Waals surface area contributed by atoms with Gasteiger partial charge < -0.3 is 20.4 Å². The Balaban J connectivity index is 0.00000364. The second-order valence-corrected chi connectivity index (χ2v) is 7.29. The molecule has 0 radical (unpaired) electrons. The number of nitrogens with zero attached hydrogens (tertiary/aromatic N) is 3. The van der Waals surface area contributed by atoms with E-state index in [1.165, 1.54) is 44.7 Å². The molecule has 0 saturated carbocycles. The number of likely N-dealkylation sites (N-methyl/N-ethyl adjacent to an activating group) is 1. The Hall–Kier alpha value is -0.570. The quantitative estimate of drug-likeness (QED) is 0.233. The van der Waals surface area contributed by atoms with Gasteiger partial charge >= 0.3 is 0 Å². The van der Waals surface area contributed by atoms with Gasteiger partial charge in [-0.1, -0.05) is 29.8 Å². The minimum atomic E-state index is 0. The van der Waals surface area contributed by atoms with E-state index in [1.807, 2.05) is 18.2 Å². The number of halogens is 2. The average molecular weight is 508 g/mol. The summed E-state index contributed by atoms with van der Waals surface area (Å²) in [6.07, 6.45) is 3.24. The van der Waals surface area contributed by atoms with Crippen LogP contribution in [0, 0.1) is 0 Å². The van der Waals surface area contributed by atoms with Crippen molar-refractivity contribution in [3.63, 3.8) is 0 Å². The van der Waals surface area contributed by atoms with Gasteiger partial charge in [-0.25, -0.2) is 0 Å². The summed E-state index contributed by atoms with van der Waals surface area (Å²) < 4.78 is 0. The van der Waals surface area contributed by atoms with Crippen molar-refractivity contribution in [1.29, 1.82) is 0 Å². The number of guanidine groups is 1. The number of piperazine rings is 1. The minimum absolute atomic E-state index is 0. The summed E-state index contributed by atoms with van der Waals surface area (Å²) in [6, 6.07) is 8.01. The van der Waals surface area contributed by atoms with Crippen LogP contribution in [-0.4, -0.2) is 75.2 Å². The number of benzene rings is 1. The lowest BCUT2D eigenvalue weighted by Gasteiger charge is -2.32. The molecule has 0 bridgehead atoms. The van der Waals surface area contributed by atoms with Crippen LogP contribution in [-0.2, 0) is 6.42 Å². The van der Waals surface area contributed by atoms with E-state index in [4.69, 9.17) is 16.6 Å². The molecule has 0 aliphatic carbocycles. The van der Waals surface area contributed by atoms with Crippen LogP contribution >= 0.6 is 35.6 Å². The third-order valence-electron chi connectivity index (χ3n) is 4.74. The molecule has 1 aliphatic rings. The first-order chi connectivity index (χ1) is 12.7. The lowest BCUT2D eigenvalue weighted by Crippen LogP contribution is -2.44. The van der Waals surface area contributed by atoms with Crippen molar-refractivity contribution in [2.24, 2.45) is 4.99 Å². The highest BCUT2D eigenvalue weighted by molar-refractivity contribution is 14.0. The highest BCUT2D eigenvalue weighted by atomic mass is 127. The molecule has 1 aromatic rings. The van der Waals surface area contributed by atoms with E-state index in [2.05, 4.69) is 40.5 Å². The molecule has 5 nitrogen and oxygen atoms in total. The lowest BCUT2D eigenvalue weighted by molar-refractivity contribution is 0.152. The number of rotatable bonds is 9. The zero-order valence-electron chi connectivity index (χ0n) is 16.7. The summed E-state index contributed by atoms with van der Waals surface area (Å²) in [5.41, 5.74) is 1.17. The van der Waals surface area contributed by atoms with Gasteiger partial charge in [0.05, 0.1) is 0 Å². The Labute approximate surface area is 186 Å². The van der Waals surface area contributed by atoms with E-state index in [-0.39, 0.29) is 24.0 Å². The number of aliphatic imine (C=N–C) groups is 1. The molecule has 1 heterocycles. The molecule has 0 spiro atoms. The molecule has 2 rings (SSSR count). The van der Waals surface area contributed by atoms with Crippen LogP contribution < -0.4 is 10.6 Å². The fourth-order valence-corrected chi connectivity index (χ4v) is 3.30. The molecule has 1 aromatic carbocycles. The monoisotopic (exact) mass is 507 g/mol. The fourth-order valence-electron chi connectivity index (χ4n) is 3.07. The molecule has 0 amide bonds. The van der Waals surface area contributed by atoms with Crippen LogP contribution in [0.4, 0.5) is 0 Å². The predicted octanol–water partition coefficient (Wildman–Crippen LogP) is 3.08. The Morgan fingerprint density at radius 2 is 1.85 bits per heavy atom. The van der Waals surface area contributed by atoms with Gasteiger partial charge in [0.2, 0.25) is 0 Å². The number of hydrogen-bond acceptors (Lipinski definition) is 3. The van der Waals surface area contributed by atoms with E-state index >= 15 is 0 Å². The smallest absolute Gasteiger partial charge is 0.191 e. The molecular formula is C20H35ClIN5. The molecule has 0 unspecified atom stereocenters. The zero-order chi connectivity index (χ0) is 18.6. The first-order valence-electron chi connectivity index (χ1n) is 9.85. The summed E-state index contributed by atoms with van der Waals surface area (Å²) in [4.78, 5) is 9.66. The third-order valence-corrected chi connectivity index (χ3v) is 5.11. The van der Waals surface area contributed by atoms with Crippen LogP contribution in [0.3, 0.4) is 0 Å². The van der Waals surface area contributed by atoms with E-state index < -0.39 is 0 Å². The minimum Gasteiger partial charge on any atom is -0.357 e. The number of hydrogen-bond donors (Lipinski definition) is 2. The second-order valence-electron chi connectivity index (χ2n) is 6.88. The molecule has 0 aromatic heterocycles. The highest BCUT2D eigenvalue weighted by Crippen LogP contribution is 2.14. The van der Waals surface area contributed by atoms with Gasteiger partial charge in [0, 0.05) is 50.8 Å². The van der Waals surface area contributed by atoms with Crippen molar-refractivity contribution in [1.82, 2.24) is 20.4 Å². The van der Waals surface area contributed by atoms with Gasteiger partial charge in [0.1, 0.15) is 0 Å². The summed E-state index contributed by atoms with van der Waals surface area (Å²) in [7, 11) is 2.20. The highest BCUT2D eigenvalue weighted by Gasteiger charge is 2.12. The van der Waals surface area contributed by atoms with Crippen LogP contribution in [0.1, 0.15) is 25.3 Å². The van der Waals surface area contributed by atoms with Crippen LogP contribution in [0.5, 0.6) is 0 Å². The second kappa shape index (κ2) is 14.4. The average Bonchev–Trinajstić information content (AvgIpc) is 2.64. The van der Waals surface area contributed by atoms with Crippen molar-refractivity contribution in [2.45, 2.75) is 26.2 Å².